The maximum absolute atomic E-state index is 11.6. The molecule has 11 heteroatoms. The van der Waals surface area contributed by atoms with Crippen LogP contribution in [-0.2, 0) is 52.4 Å². The average Bonchev–Trinajstić information content (AvgIpc) is 2.50. The quantitative estimate of drug-likeness (QED) is 0.437. The smallest absolute Gasteiger partial charge is 0.305 e. The number of hydrogen-bond donors (Lipinski definition) is 0. The molecule has 1 saturated heterocycles. The van der Waals surface area contributed by atoms with E-state index in [-0.39, 0.29) is 0 Å². The number of carbonyl (C=O) groups is 5. The summed E-state index contributed by atoms with van der Waals surface area (Å²) in [6, 6.07) is 0. The molecule has 2 unspecified atom stereocenters. The Bertz CT molecular complexity index is 629. The first-order valence-electron chi connectivity index (χ1n) is 8.44. The van der Waals surface area contributed by atoms with Crippen LogP contribution in [0.5, 0.6) is 0 Å². The standard InChI is InChI=1S/C17H24O11/c1-7(23-8(2)18)13-14(24-9(3)19)15(25-10(4)20)16(26-11(5)21)17(28-13)27-12(6)22/h7,13-17H,1-6H3/t7?,13-,14+,15+,16-,17?/m0/s1. The van der Waals surface area contributed by atoms with Gasteiger partial charge in [-0.3, -0.25) is 24.0 Å². The Kier molecular flexibility index (Phi) is 8.35. The maximum Gasteiger partial charge on any atom is 0.305 e. The zero-order valence-electron chi connectivity index (χ0n) is 16.5. The minimum Gasteiger partial charge on any atom is -0.460 e. The molecule has 1 aliphatic rings. The van der Waals surface area contributed by atoms with Gasteiger partial charge in [-0.1, -0.05) is 0 Å². The first-order valence-corrected chi connectivity index (χ1v) is 8.44. The van der Waals surface area contributed by atoms with Crippen LogP contribution >= 0.6 is 0 Å². The first kappa shape index (κ1) is 23.3. The molecule has 0 bridgehead atoms. The van der Waals surface area contributed by atoms with Gasteiger partial charge < -0.3 is 28.4 Å². The van der Waals surface area contributed by atoms with Gasteiger partial charge in [-0.2, -0.15) is 0 Å². The lowest BCUT2D eigenvalue weighted by atomic mass is 9.95. The summed E-state index contributed by atoms with van der Waals surface area (Å²) in [5.41, 5.74) is 0. The molecule has 6 atom stereocenters. The van der Waals surface area contributed by atoms with Crippen LogP contribution < -0.4 is 0 Å². The lowest BCUT2D eigenvalue weighted by Gasteiger charge is -2.45. The summed E-state index contributed by atoms with van der Waals surface area (Å²) in [6.07, 6.45) is -7.79. The SMILES string of the molecule is CC(=O)OC1O[C@@H](C(C)OC(C)=O)[C@@H](OC(C)=O)[C@@H](OC(C)=O)[C@@H]1OC(C)=O. The van der Waals surface area contributed by atoms with Gasteiger partial charge in [0.2, 0.25) is 12.4 Å². The van der Waals surface area contributed by atoms with Crippen molar-refractivity contribution in [2.24, 2.45) is 0 Å². The molecule has 0 N–H and O–H groups in total. The molecule has 158 valence electrons. The average molecular weight is 404 g/mol. The van der Waals surface area contributed by atoms with E-state index in [2.05, 4.69) is 0 Å². The van der Waals surface area contributed by atoms with E-state index in [1.807, 2.05) is 0 Å². The Morgan fingerprint density at radius 2 is 1.07 bits per heavy atom. The Labute approximate surface area is 161 Å². The molecule has 0 saturated carbocycles. The van der Waals surface area contributed by atoms with Crippen molar-refractivity contribution in [1.82, 2.24) is 0 Å². The Hall–Kier alpha value is -2.69. The van der Waals surface area contributed by atoms with Crippen LogP contribution in [0, 0.1) is 0 Å². The number of carbonyl (C=O) groups excluding carboxylic acids is 5. The molecule has 1 heterocycles. The summed E-state index contributed by atoms with van der Waals surface area (Å²) >= 11 is 0. The lowest BCUT2D eigenvalue weighted by Crippen LogP contribution is -2.64. The number of ether oxygens (including phenoxy) is 6. The molecular weight excluding hydrogens is 380 g/mol. The zero-order valence-corrected chi connectivity index (χ0v) is 16.5. The first-order chi connectivity index (χ1) is 12.9. The van der Waals surface area contributed by atoms with E-state index < -0.39 is 66.7 Å². The normalized spacial score (nSPS) is 27.7. The molecule has 1 fully saturated rings. The fraction of sp³-hybridized carbons (Fsp3) is 0.706. The highest BCUT2D eigenvalue weighted by Crippen LogP contribution is 2.31. The monoisotopic (exact) mass is 404 g/mol. The van der Waals surface area contributed by atoms with E-state index >= 15 is 0 Å². The van der Waals surface area contributed by atoms with Gasteiger partial charge in [-0.15, -0.1) is 0 Å². The third-order valence-corrected chi connectivity index (χ3v) is 3.53. The molecule has 0 aromatic carbocycles. The van der Waals surface area contributed by atoms with Gasteiger partial charge in [-0.05, 0) is 6.92 Å². The molecule has 0 amide bonds. The molecule has 28 heavy (non-hydrogen) atoms. The van der Waals surface area contributed by atoms with Crippen molar-refractivity contribution < 1.29 is 52.4 Å². The molecule has 0 radical (unpaired) electrons. The third-order valence-electron chi connectivity index (χ3n) is 3.53. The van der Waals surface area contributed by atoms with E-state index in [1.54, 1.807) is 0 Å². The van der Waals surface area contributed by atoms with Gasteiger partial charge in [0.15, 0.2) is 12.2 Å². The van der Waals surface area contributed by atoms with Gasteiger partial charge in [0.05, 0.1) is 0 Å². The predicted octanol–water partition coefficient (Wildman–Crippen LogP) is 0.0211. The van der Waals surface area contributed by atoms with Gasteiger partial charge in [-0.25, -0.2) is 0 Å². The fourth-order valence-corrected chi connectivity index (χ4v) is 2.77. The van der Waals surface area contributed by atoms with Crippen molar-refractivity contribution in [2.45, 2.75) is 78.4 Å². The van der Waals surface area contributed by atoms with Crippen molar-refractivity contribution in [3.63, 3.8) is 0 Å². The summed E-state index contributed by atoms with van der Waals surface area (Å²) in [4.78, 5) is 57.5. The molecule has 0 aliphatic carbocycles. The van der Waals surface area contributed by atoms with E-state index in [0.29, 0.717) is 0 Å². The summed E-state index contributed by atoms with van der Waals surface area (Å²) in [7, 11) is 0. The highest BCUT2D eigenvalue weighted by atomic mass is 16.7. The van der Waals surface area contributed by atoms with Crippen LogP contribution in [0.2, 0.25) is 0 Å². The summed E-state index contributed by atoms with van der Waals surface area (Å²) < 4.78 is 31.3. The minimum absolute atomic E-state index is 0.646. The molecule has 1 aliphatic heterocycles. The van der Waals surface area contributed by atoms with E-state index in [0.717, 1.165) is 34.6 Å². The fourth-order valence-electron chi connectivity index (χ4n) is 2.77. The maximum atomic E-state index is 11.6. The second-order valence-electron chi connectivity index (χ2n) is 6.12. The Morgan fingerprint density at radius 3 is 1.50 bits per heavy atom. The van der Waals surface area contributed by atoms with Crippen molar-refractivity contribution >= 4 is 29.8 Å². The van der Waals surface area contributed by atoms with Gasteiger partial charge in [0.25, 0.3) is 0 Å². The van der Waals surface area contributed by atoms with Crippen LogP contribution in [0.3, 0.4) is 0 Å². The van der Waals surface area contributed by atoms with Gasteiger partial charge in [0, 0.05) is 34.6 Å². The van der Waals surface area contributed by atoms with Crippen molar-refractivity contribution in [3.8, 4) is 0 Å². The number of hydrogen-bond acceptors (Lipinski definition) is 11. The summed E-state index contributed by atoms with van der Waals surface area (Å²) in [5, 5.41) is 0. The molecular formula is C17H24O11. The van der Waals surface area contributed by atoms with Crippen molar-refractivity contribution in [2.75, 3.05) is 0 Å². The van der Waals surface area contributed by atoms with E-state index in [4.69, 9.17) is 28.4 Å². The topological polar surface area (TPSA) is 141 Å². The highest BCUT2D eigenvalue weighted by Gasteiger charge is 2.55. The third kappa shape index (κ3) is 6.80. The largest absolute Gasteiger partial charge is 0.460 e. The van der Waals surface area contributed by atoms with Crippen LogP contribution in [0.4, 0.5) is 0 Å². The summed E-state index contributed by atoms with van der Waals surface area (Å²) in [6.45, 7) is 6.99. The van der Waals surface area contributed by atoms with Crippen LogP contribution in [0.15, 0.2) is 0 Å². The van der Waals surface area contributed by atoms with Crippen molar-refractivity contribution in [3.05, 3.63) is 0 Å². The lowest BCUT2D eigenvalue weighted by molar-refractivity contribution is -0.307. The van der Waals surface area contributed by atoms with Gasteiger partial charge in [0.1, 0.15) is 12.2 Å². The minimum atomic E-state index is -1.50. The van der Waals surface area contributed by atoms with E-state index in [9.17, 15) is 24.0 Å². The molecule has 0 aromatic heterocycles. The number of rotatable bonds is 6. The summed E-state index contributed by atoms with van der Waals surface area (Å²) in [5.74, 6) is -3.72. The zero-order chi connectivity index (χ0) is 21.6. The second-order valence-corrected chi connectivity index (χ2v) is 6.12. The molecule has 1 rings (SSSR count). The van der Waals surface area contributed by atoms with Crippen molar-refractivity contribution in [1.29, 1.82) is 0 Å². The van der Waals surface area contributed by atoms with E-state index in [1.165, 1.54) is 6.92 Å². The predicted molar refractivity (Wildman–Crippen MR) is 88.3 cm³/mol. The molecule has 11 nitrogen and oxygen atoms in total. The Balaban J connectivity index is 3.39. The highest BCUT2D eigenvalue weighted by molar-refractivity contribution is 5.69. The molecule has 0 aromatic rings. The second kappa shape index (κ2) is 10.0. The van der Waals surface area contributed by atoms with Crippen LogP contribution in [0.1, 0.15) is 41.5 Å². The van der Waals surface area contributed by atoms with Crippen LogP contribution in [0.25, 0.3) is 0 Å². The number of esters is 5. The Morgan fingerprint density at radius 1 is 0.643 bits per heavy atom. The van der Waals surface area contributed by atoms with Crippen LogP contribution in [-0.4, -0.2) is 66.7 Å². The van der Waals surface area contributed by atoms with Gasteiger partial charge >= 0.3 is 29.8 Å². The molecule has 0 spiro atoms.